The van der Waals surface area contributed by atoms with E-state index in [-0.39, 0.29) is 0 Å². The molecule has 1 rings (SSSR count). The lowest BCUT2D eigenvalue weighted by molar-refractivity contribution is 0.499. The maximum atomic E-state index is 4.35. The summed E-state index contributed by atoms with van der Waals surface area (Å²) in [6.45, 7) is 5.23. The van der Waals surface area contributed by atoms with Gasteiger partial charge in [0.1, 0.15) is 0 Å². The summed E-state index contributed by atoms with van der Waals surface area (Å²) in [7, 11) is 0. The van der Waals surface area contributed by atoms with Gasteiger partial charge in [-0.1, -0.05) is 13.8 Å². The average molecular weight is 140 g/mol. The highest BCUT2D eigenvalue weighted by Crippen LogP contribution is 2.06. The van der Waals surface area contributed by atoms with Crippen LogP contribution < -0.4 is 5.32 Å². The quantitative estimate of drug-likeness (QED) is 0.618. The number of hydrogen-bond donors (Lipinski definition) is 1. The molecule has 0 saturated heterocycles. The molecule has 0 aromatic heterocycles. The third-order valence-electron chi connectivity index (χ3n) is 2.07. The van der Waals surface area contributed by atoms with Crippen molar-refractivity contribution < 1.29 is 0 Å². The van der Waals surface area contributed by atoms with Crippen molar-refractivity contribution in [3.63, 3.8) is 0 Å². The SMILES string of the molecule is CCC1=NCNC(CC)C1. The van der Waals surface area contributed by atoms with Crippen LogP contribution in [0.3, 0.4) is 0 Å². The molecule has 58 valence electrons. The van der Waals surface area contributed by atoms with Crippen LogP contribution in [-0.4, -0.2) is 18.4 Å². The molecule has 2 nitrogen and oxygen atoms in total. The Morgan fingerprint density at radius 1 is 1.60 bits per heavy atom. The Labute approximate surface area is 62.7 Å². The predicted octanol–water partition coefficient (Wildman–Crippen LogP) is 1.57. The van der Waals surface area contributed by atoms with Crippen LogP contribution in [0.2, 0.25) is 0 Å². The molecule has 0 saturated carbocycles. The first-order valence-corrected chi connectivity index (χ1v) is 4.12. The van der Waals surface area contributed by atoms with Gasteiger partial charge >= 0.3 is 0 Å². The van der Waals surface area contributed by atoms with Crippen molar-refractivity contribution in [3.05, 3.63) is 0 Å². The second kappa shape index (κ2) is 3.71. The molecule has 1 unspecified atom stereocenters. The number of rotatable bonds is 2. The second-order valence-electron chi connectivity index (χ2n) is 2.75. The summed E-state index contributed by atoms with van der Waals surface area (Å²) in [6, 6.07) is 0.687. The van der Waals surface area contributed by atoms with Gasteiger partial charge in [0, 0.05) is 18.2 Å². The molecule has 0 aliphatic carbocycles. The Morgan fingerprint density at radius 3 is 3.00 bits per heavy atom. The zero-order chi connectivity index (χ0) is 7.40. The Morgan fingerprint density at radius 2 is 2.40 bits per heavy atom. The van der Waals surface area contributed by atoms with Crippen LogP contribution in [0.1, 0.15) is 33.1 Å². The second-order valence-corrected chi connectivity index (χ2v) is 2.75. The summed E-state index contributed by atoms with van der Waals surface area (Å²) in [4.78, 5) is 4.35. The monoisotopic (exact) mass is 140 g/mol. The van der Waals surface area contributed by atoms with Gasteiger partial charge in [-0.15, -0.1) is 0 Å². The van der Waals surface area contributed by atoms with Gasteiger partial charge in [0.25, 0.3) is 0 Å². The third-order valence-corrected chi connectivity index (χ3v) is 2.07. The van der Waals surface area contributed by atoms with Gasteiger partial charge in [-0.2, -0.15) is 0 Å². The topological polar surface area (TPSA) is 24.4 Å². The van der Waals surface area contributed by atoms with E-state index in [9.17, 15) is 0 Å². The maximum absolute atomic E-state index is 4.35. The number of nitrogens with zero attached hydrogens (tertiary/aromatic N) is 1. The predicted molar refractivity (Wildman–Crippen MR) is 44.4 cm³/mol. The lowest BCUT2D eigenvalue weighted by atomic mass is 10.0. The van der Waals surface area contributed by atoms with Crippen molar-refractivity contribution in [1.29, 1.82) is 0 Å². The van der Waals surface area contributed by atoms with E-state index in [1.807, 2.05) is 0 Å². The molecule has 0 fully saturated rings. The van der Waals surface area contributed by atoms with Gasteiger partial charge in [0.15, 0.2) is 0 Å². The number of aliphatic imine (C=N–C) groups is 1. The van der Waals surface area contributed by atoms with Crippen LogP contribution in [0.5, 0.6) is 0 Å². The molecule has 1 heterocycles. The first kappa shape index (κ1) is 7.73. The van der Waals surface area contributed by atoms with Crippen LogP contribution >= 0.6 is 0 Å². The number of nitrogens with one attached hydrogen (secondary N) is 1. The van der Waals surface area contributed by atoms with Gasteiger partial charge in [0.2, 0.25) is 0 Å². The summed E-state index contributed by atoms with van der Waals surface area (Å²) >= 11 is 0. The molecule has 0 aromatic rings. The summed E-state index contributed by atoms with van der Waals surface area (Å²) in [5, 5.41) is 3.35. The van der Waals surface area contributed by atoms with E-state index >= 15 is 0 Å². The highest BCUT2D eigenvalue weighted by Gasteiger charge is 2.11. The Bertz CT molecular complexity index is 129. The normalized spacial score (nSPS) is 26.2. The van der Waals surface area contributed by atoms with Crippen LogP contribution in [0, 0.1) is 0 Å². The zero-order valence-corrected chi connectivity index (χ0v) is 6.85. The van der Waals surface area contributed by atoms with Gasteiger partial charge < -0.3 is 0 Å². The molecule has 10 heavy (non-hydrogen) atoms. The molecule has 0 bridgehead atoms. The fourth-order valence-corrected chi connectivity index (χ4v) is 1.25. The van der Waals surface area contributed by atoms with Crippen molar-refractivity contribution in [2.75, 3.05) is 6.67 Å². The summed E-state index contributed by atoms with van der Waals surface area (Å²) in [5.41, 5.74) is 1.38. The minimum absolute atomic E-state index is 0.687. The zero-order valence-electron chi connectivity index (χ0n) is 6.85. The first-order chi connectivity index (χ1) is 4.86. The van der Waals surface area contributed by atoms with Gasteiger partial charge in [0.05, 0.1) is 6.67 Å². The molecular formula is C8H16N2. The minimum Gasteiger partial charge on any atom is -0.295 e. The summed E-state index contributed by atoms with van der Waals surface area (Å²) < 4.78 is 0. The molecule has 1 N–H and O–H groups in total. The van der Waals surface area contributed by atoms with E-state index in [0.29, 0.717) is 6.04 Å². The van der Waals surface area contributed by atoms with Gasteiger partial charge in [-0.25, -0.2) is 0 Å². The maximum Gasteiger partial charge on any atom is 0.0886 e. The van der Waals surface area contributed by atoms with Gasteiger partial charge in [-0.05, 0) is 12.8 Å². The van der Waals surface area contributed by atoms with Crippen LogP contribution in [0.15, 0.2) is 4.99 Å². The molecule has 1 atom stereocenters. The Balaban J connectivity index is 2.40. The molecule has 0 amide bonds. The average Bonchev–Trinajstić information content (AvgIpc) is 2.05. The van der Waals surface area contributed by atoms with Crippen molar-refractivity contribution in [1.82, 2.24) is 5.32 Å². The van der Waals surface area contributed by atoms with Crippen LogP contribution in [0.4, 0.5) is 0 Å². The Hall–Kier alpha value is -0.370. The van der Waals surface area contributed by atoms with Crippen molar-refractivity contribution in [3.8, 4) is 0 Å². The first-order valence-electron chi connectivity index (χ1n) is 4.12. The fourth-order valence-electron chi connectivity index (χ4n) is 1.25. The standard InChI is InChI=1S/C8H16N2/c1-3-7-5-8(4-2)10-6-9-7/h7,9H,3-6H2,1-2H3. The molecular weight excluding hydrogens is 124 g/mol. The summed E-state index contributed by atoms with van der Waals surface area (Å²) in [5.74, 6) is 0. The van der Waals surface area contributed by atoms with E-state index < -0.39 is 0 Å². The van der Waals surface area contributed by atoms with E-state index in [0.717, 1.165) is 19.5 Å². The molecule has 0 radical (unpaired) electrons. The van der Waals surface area contributed by atoms with Crippen LogP contribution in [-0.2, 0) is 0 Å². The van der Waals surface area contributed by atoms with E-state index in [1.54, 1.807) is 0 Å². The lowest BCUT2D eigenvalue weighted by Crippen LogP contribution is -2.35. The van der Waals surface area contributed by atoms with E-state index in [4.69, 9.17) is 0 Å². The highest BCUT2D eigenvalue weighted by molar-refractivity contribution is 5.85. The molecule has 0 aromatic carbocycles. The smallest absolute Gasteiger partial charge is 0.0886 e. The van der Waals surface area contributed by atoms with E-state index in [1.165, 1.54) is 12.1 Å². The van der Waals surface area contributed by atoms with Crippen molar-refractivity contribution in [2.45, 2.75) is 39.2 Å². The minimum atomic E-state index is 0.687. The van der Waals surface area contributed by atoms with Crippen molar-refractivity contribution in [2.24, 2.45) is 4.99 Å². The third kappa shape index (κ3) is 1.81. The molecule has 0 spiro atoms. The fraction of sp³-hybridized carbons (Fsp3) is 0.875. The highest BCUT2D eigenvalue weighted by atomic mass is 15.1. The molecule has 2 heteroatoms. The largest absolute Gasteiger partial charge is 0.295 e. The van der Waals surface area contributed by atoms with E-state index in [2.05, 4.69) is 24.2 Å². The van der Waals surface area contributed by atoms with Crippen molar-refractivity contribution >= 4 is 5.71 Å². The van der Waals surface area contributed by atoms with Gasteiger partial charge in [-0.3, -0.25) is 10.3 Å². The Kier molecular flexibility index (Phi) is 2.87. The molecule has 1 aliphatic rings. The number of hydrogen-bond acceptors (Lipinski definition) is 2. The summed E-state index contributed by atoms with van der Waals surface area (Å²) in [6.07, 6.45) is 3.50. The molecule has 1 aliphatic heterocycles. The lowest BCUT2D eigenvalue weighted by Gasteiger charge is -2.21. The van der Waals surface area contributed by atoms with Crippen LogP contribution in [0.25, 0.3) is 0 Å².